The van der Waals surface area contributed by atoms with E-state index in [0.717, 1.165) is 5.69 Å². The van der Waals surface area contributed by atoms with E-state index in [0.29, 0.717) is 5.75 Å². The Balaban J connectivity index is 2.79. The highest BCUT2D eigenvalue weighted by molar-refractivity contribution is 5.76. The van der Waals surface area contributed by atoms with Gasteiger partial charge in [-0.3, -0.25) is 4.98 Å². The topological polar surface area (TPSA) is 59.4 Å². The van der Waals surface area contributed by atoms with E-state index in [1.165, 1.54) is 20.0 Å². The van der Waals surface area contributed by atoms with Gasteiger partial charge in [0.1, 0.15) is 5.75 Å². The van der Waals surface area contributed by atoms with Crippen molar-refractivity contribution in [3.63, 3.8) is 0 Å². The van der Waals surface area contributed by atoms with Gasteiger partial charge in [0.25, 0.3) is 0 Å². The standard InChI is InChI=1S/C10H13NO3/c1-7-4-5-8(6-11-7)14-10(2,3)9(12)13/h4-6H,1-3H3,(H,12,13). The summed E-state index contributed by atoms with van der Waals surface area (Å²) in [6.45, 7) is 4.84. The number of aromatic nitrogens is 1. The predicted octanol–water partition coefficient (Wildman–Crippen LogP) is 1.63. The second-order valence-electron chi connectivity index (χ2n) is 3.55. The van der Waals surface area contributed by atoms with Crippen molar-refractivity contribution in [1.82, 2.24) is 4.98 Å². The summed E-state index contributed by atoms with van der Waals surface area (Å²) >= 11 is 0. The number of pyridine rings is 1. The molecule has 14 heavy (non-hydrogen) atoms. The van der Waals surface area contributed by atoms with Crippen LogP contribution in [0.1, 0.15) is 19.5 Å². The van der Waals surface area contributed by atoms with E-state index in [2.05, 4.69) is 4.98 Å². The molecule has 0 fully saturated rings. The molecule has 0 atom stereocenters. The molecule has 0 amide bonds. The number of aryl methyl sites for hydroxylation is 1. The van der Waals surface area contributed by atoms with Crippen molar-refractivity contribution in [2.45, 2.75) is 26.4 Å². The first-order valence-electron chi connectivity index (χ1n) is 4.27. The highest BCUT2D eigenvalue weighted by Crippen LogP contribution is 2.17. The summed E-state index contributed by atoms with van der Waals surface area (Å²) in [5, 5.41) is 8.81. The van der Waals surface area contributed by atoms with Crippen molar-refractivity contribution in [3.05, 3.63) is 24.0 Å². The molecule has 0 unspecified atom stereocenters. The number of nitrogens with zero attached hydrogens (tertiary/aromatic N) is 1. The fraction of sp³-hybridized carbons (Fsp3) is 0.400. The first-order chi connectivity index (χ1) is 6.42. The molecule has 0 spiro atoms. The molecule has 4 heteroatoms. The fourth-order valence-corrected chi connectivity index (χ4v) is 0.853. The molecule has 0 aromatic carbocycles. The molecule has 1 aromatic rings. The molecule has 0 saturated carbocycles. The highest BCUT2D eigenvalue weighted by Gasteiger charge is 2.29. The lowest BCUT2D eigenvalue weighted by atomic mass is 10.1. The van der Waals surface area contributed by atoms with Crippen LogP contribution >= 0.6 is 0 Å². The van der Waals surface area contributed by atoms with Crippen LogP contribution in [-0.2, 0) is 4.79 Å². The minimum absolute atomic E-state index is 0.461. The third kappa shape index (κ3) is 2.45. The van der Waals surface area contributed by atoms with Crippen molar-refractivity contribution in [1.29, 1.82) is 0 Å². The lowest BCUT2D eigenvalue weighted by molar-refractivity contribution is -0.152. The van der Waals surface area contributed by atoms with Crippen LogP contribution < -0.4 is 4.74 Å². The molecule has 0 bridgehead atoms. The van der Waals surface area contributed by atoms with E-state index in [9.17, 15) is 4.79 Å². The summed E-state index contributed by atoms with van der Waals surface area (Å²) < 4.78 is 5.26. The molecule has 76 valence electrons. The van der Waals surface area contributed by atoms with Gasteiger partial charge in [-0.25, -0.2) is 4.79 Å². The SMILES string of the molecule is Cc1ccc(OC(C)(C)C(=O)O)cn1. The Morgan fingerprint density at radius 3 is 2.57 bits per heavy atom. The number of ether oxygens (including phenoxy) is 1. The maximum Gasteiger partial charge on any atom is 0.347 e. The van der Waals surface area contributed by atoms with Crippen LogP contribution in [0.25, 0.3) is 0 Å². The van der Waals surface area contributed by atoms with Gasteiger partial charge in [-0.1, -0.05) is 0 Å². The minimum Gasteiger partial charge on any atom is -0.478 e. The molecule has 0 radical (unpaired) electrons. The van der Waals surface area contributed by atoms with Gasteiger partial charge in [0.2, 0.25) is 0 Å². The molecule has 1 N–H and O–H groups in total. The Kier molecular flexibility index (Phi) is 2.74. The molecule has 4 nitrogen and oxygen atoms in total. The minimum atomic E-state index is -1.23. The number of carboxylic acid groups (broad SMARTS) is 1. The van der Waals surface area contributed by atoms with Gasteiger partial charge >= 0.3 is 5.97 Å². The van der Waals surface area contributed by atoms with E-state index < -0.39 is 11.6 Å². The lowest BCUT2D eigenvalue weighted by Crippen LogP contribution is -2.37. The van der Waals surface area contributed by atoms with Crippen LogP contribution in [0.4, 0.5) is 0 Å². The van der Waals surface area contributed by atoms with Crippen LogP contribution in [0, 0.1) is 6.92 Å². The maximum atomic E-state index is 10.7. The summed E-state index contributed by atoms with van der Waals surface area (Å²) in [6, 6.07) is 3.47. The quantitative estimate of drug-likeness (QED) is 0.796. The third-order valence-electron chi connectivity index (χ3n) is 1.77. The van der Waals surface area contributed by atoms with Crippen LogP contribution in [0.15, 0.2) is 18.3 Å². The summed E-state index contributed by atoms with van der Waals surface area (Å²) in [6.07, 6.45) is 1.51. The number of aliphatic carboxylic acids is 1. The Labute approximate surface area is 82.5 Å². The van der Waals surface area contributed by atoms with Gasteiger partial charge in [0.05, 0.1) is 6.20 Å². The second-order valence-corrected chi connectivity index (χ2v) is 3.55. The highest BCUT2D eigenvalue weighted by atomic mass is 16.5. The zero-order valence-electron chi connectivity index (χ0n) is 8.44. The van der Waals surface area contributed by atoms with Gasteiger partial charge < -0.3 is 9.84 Å². The Hall–Kier alpha value is -1.58. The summed E-state index contributed by atoms with van der Waals surface area (Å²) in [7, 11) is 0. The summed E-state index contributed by atoms with van der Waals surface area (Å²) in [5.74, 6) is -0.541. The van der Waals surface area contributed by atoms with E-state index in [1.807, 2.05) is 6.92 Å². The Morgan fingerprint density at radius 1 is 1.50 bits per heavy atom. The van der Waals surface area contributed by atoms with Crippen LogP contribution in [0.2, 0.25) is 0 Å². The third-order valence-corrected chi connectivity index (χ3v) is 1.77. The molecular formula is C10H13NO3. The van der Waals surface area contributed by atoms with Gasteiger partial charge in [-0.05, 0) is 32.9 Å². The predicted molar refractivity (Wildman–Crippen MR) is 51.3 cm³/mol. The first-order valence-corrected chi connectivity index (χ1v) is 4.27. The van der Waals surface area contributed by atoms with Gasteiger partial charge in [-0.2, -0.15) is 0 Å². The van der Waals surface area contributed by atoms with Gasteiger partial charge in [-0.15, -0.1) is 0 Å². The Bertz CT molecular complexity index is 330. The molecular weight excluding hydrogens is 182 g/mol. The number of hydrogen-bond donors (Lipinski definition) is 1. The van der Waals surface area contributed by atoms with E-state index in [1.54, 1.807) is 12.1 Å². The normalized spacial score (nSPS) is 11.1. The monoisotopic (exact) mass is 195 g/mol. The van der Waals surface area contributed by atoms with Crippen molar-refractivity contribution in [3.8, 4) is 5.75 Å². The Morgan fingerprint density at radius 2 is 2.14 bits per heavy atom. The molecule has 0 saturated heterocycles. The molecule has 1 rings (SSSR count). The average molecular weight is 195 g/mol. The second kappa shape index (κ2) is 3.65. The smallest absolute Gasteiger partial charge is 0.347 e. The first kappa shape index (κ1) is 10.5. The number of carboxylic acids is 1. The zero-order chi connectivity index (χ0) is 10.8. The number of carbonyl (C=O) groups is 1. The van der Waals surface area contributed by atoms with E-state index in [4.69, 9.17) is 9.84 Å². The molecule has 0 aliphatic rings. The zero-order valence-corrected chi connectivity index (χ0v) is 8.44. The van der Waals surface area contributed by atoms with Crippen molar-refractivity contribution >= 4 is 5.97 Å². The number of rotatable bonds is 3. The van der Waals surface area contributed by atoms with Crippen LogP contribution in [0.5, 0.6) is 5.75 Å². The van der Waals surface area contributed by atoms with Gasteiger partial charge in [0.15, 0.2) is 5.60 Å². The average Bonchev–Trinajstić information content (AvgIpc) is 2.08. The molecule has 1 aromatic heterocycles. The molecule has 1 heterocycles. The van der Waals surface area contributed by atoms with Crippen LogP contribution in [0.3, 0.4) is 0 Å². The van der Waals surface area contributed by atoms with Gasteiger partial charge in [0, 0.05) is 5.69 Å². The van der Waals surface area contributed by atoms with E-state index >= 15 is 0 Å². The largest absolute Gasteiger partial charge is 0.478 e. The van der Waals surface area contributed by atoms with Crippen molar-refractivity contribution < 1.29 is 14.6 Å². The summed E-state index contributed by atoms with van der Waals surface area (Å²) in [5.41, 5.74) is -0.359. The fourth-order valence-electron chi connectivity index (χ4n) is 0.853. The number of hydrogen-bond acceptors (Lipinski definition) is 3. The molecule has 0 aliphatic carbocycles. The maximum absolute atomic E-state index is 10.7. The summed E-state index contributed by atoms with van der Waals surface area (Å²) in [4.78, 5) is 14.8. The van der Waals surface area contributed by atoms with E-state index in [-0.39, 0.29) is 0 Å². The van der Waals surface area contributed by atoms with Crippen LogP contribution in [-0.4, -0.2) is 21.7 Å². The van der Waals surface area contributed by atoms with Crippen molar-refractivity contribution in [2.24, 2.45) is 0 Å². The lowest BCUT2D eigenvalue weighted by Gasteiger charge is -2.21. The molecule has 0 aliphatic heterocycles. The van der Waals surface area contributed by atoms with Crippen molar-refractivity contribution in [2.75, 3.05) is 0 Å².